The van der Waals surface area contributed by atoms with Crippen molar-refractivity contribution < 1.29 is 14.0 Å². The topological polar surface area (TPSA) is 62.6 Å². The SMILES string of the molecule is O=C(NC1CCN(C(=O)c2ccc(Cl)c(Cl)c2)CC1)c1ccc(Br)o1. The molecule has 0 unspecified atom stereocenters. The van der Waals surface area contributed by atoms with Gasteiger partial charge in [-0.2, -0.15) is 0 Å². The third kappa shape index (κ3) is 4.37. The van der Waals surface area contributed by atoms with Gasteiger partial charge in [0.05, 0.1) is 10.0 Å². The maximum atomic E-state index is 12.5. The molecule has 1 aliphatic rings. The largest absolute Gasteiger partial charge is 0.444 e. The fourth-order valence-corrected chi connectivity index (χ4v) is 3.34. The summed E-state index contributed by atoms with van der Waals surface area (Å²) in [6.07, 6.45) is 1.36. The van der Waals surface area contributed by atoms with Crippen LogP contribution in [0.2, 0.25) is 10.0 Å². The Morgan fingerprint density at radius 1 is 1.12 bits per heavy atom. The van der Waals surface area contributed by atoms with Gasteiger partial charge in [0.25, 0.3) is 11.8 Å². The Bertz CT molecular complexity index is 801. The van der Waals surface area contributed by atoms with Gasteiger partial charge in [-0.25, -0.2) is 0 Å². The molecule has 0 bridgehead atoms. The van der Waals surface area contributed by atoms with Crippen molar-refractivity contribution in [3.8, 4) is 0 Å². The first-order chi connectivity index (χ1) is 11.9. The van der Waals surface area contributed by atoms with E-state index in [0.29, 0.717) is 46.2 Å². The van der Waals surface area contributed by atoms with Gasteiger partial charge in [-0.05, 0) is 59.1 Å². The van der Waals surface area contributed by atoms with Crippen molar-refractivity contribution in [1.29, 1.82) is 0 Å². The molecule has 0 aliphatic carbocycles. The number of hydrogen-bond donors (Lipinski definition) is 1. The highest BCUT2D eigenvalue weighted by Crippen LogP contribution is 2.24. The molecule has 1 aromatic heterocycles. The molecule has 0 spiro atoms. The minimum absolute atomic E-state index is 0.00855. The first kappa shape index (κ1) is 18.3. The van der Waals surface area contributed by atoms with Crippen molar-refractivity contribution in [2.45, 2.75) is 18.9 Å². The van der Waals surface area contributed by atoms with Crippen molar-refractivity contribution >= 4 is 50.9 Å². The van der Waals surface area contributed by atoms with E-state index in [9.17, 15) is 9.59 Å². The lowest BCUT2D eigenvalue weighted by atomic mass is 10.0. The van der Waals surface area contributed by atoms with Crippen LogP contribution in [0.25, 0.3) is 0 Å². The molecule has 132 valence electrons. The van der Waals surface area contributed by atoms with E-state index in [1.807, 2.05) is 0 Å². The highest BCUT2D eigenvalue weighted by molar-refractivity contribution is 9.10. The van der Waals surface area contributed by atoms with Gasteiger partial charge in [0.2, 0.25) is 0 Å². The predicted molar refractivity (Wildman–Crippen MR) is 99.3 cm³/mol. The zero-order valence-corrected chi connectivity index (χ0v) is 16.2. The number of furan rings is 1. The minimum Gasteiger partial charge on any atom is -0.444 e. The average Bonchev–Trinajstić information content (AvgIpc) is 3.04. The second-order valence-corrected chi connectivity index (χ2v) is 7.37. The lowest BCUT2D eigenvalue weighted by molar-refractivity contribution is 0.0695. The van der Waals surface area contributed by atoms with Gasteiger partial charge >= 0.3 is 0 Å². The van der Waals surface area contributed by atoms with Gasteiger partial charge in [0.1, 0.15) is 0 Å². The number of halogens is 3. The van der Waals surface area contributed by atoms with Gasteiger partial charge in [-0.15, -0.1) is 0 Å². The van der Waals surface area contributed by atoms with Gasteiger partial charge in [-0.3, -0.25) is 9.59 Å². The molecule has 1 aromatic carbocycles. The van der Waals surface area contributed by atoms with Crippen molar-refractivity contribution in [2.24, 2.45) is 0 Å². The fraction of sp³-hybridized carbons (Fsp3) is 0.294. The highest BCUT2D eigenvalue weighted by atomic mass is 79.9. The summed E-state index contributed by atoms with van der Waals surface area (Å²) < 4.78 is 5.76. The Kier molecular flexibility index (Phi) is 5.71. The molecule has 1 saturated heterocycles. The number of carbonyl (C=O) groups is 2. The van der Waals surface area contributed by atoms with Crippen LogP contribution >= 0.6 is 39.1 Å². The Morgan fingerprint density at radius 3 is 2.44 bits per heavy atom. The number of hydrogen-bond acceptors (Lipinski definition) is 3. The van der Waals surface area contributed by atoms with Crippen LogP contribution in [0.1, 0.15) is 33.8 Å². The van der Waals surface area contributed by atoms with Crippen molar-refractivity contribution in [1.82, 2.24) is 10.2 Å². The molecular formula is C17H15BrCl2N2O3. The molecule has 3 rings (SSSR count). The number of nitrogens with zero attached hydrogens (tertiary/aromatic N) is 1. The first-order valence-corrected chi connectivity index (χ1v) is 9.29. The molecule has 0 atom stereocenters. The molecule has 5 nitrogen and oxygen atoms in total. The number of amides is 2. The van der Waals surface area contributed by atoms with E-state index in [-0.39, 0.29) is 23.6 Å². The van der Waals surface area contributed by atoms with Crippen molar-refractivity contribution in [2.75, 3.05) is 13.1 Å². The van der Waals surface area contributed by atoms with Gasteiger partial charge in [0, 0.05) is 24.7 Å². The third-order valence-electron chi connectivity index (χ3n) is 4.08. The van der Waals surface area contributed by atoms with E-state index in [2.05, 4.69) is 21.2 Å². The van der Waals surface area contributed by atoms with E-state index in [4.69, 9.17) is 27.6 Å². The first-order valence-electron chi connectivity index (χ1n) is 7.74. The molecule has 25 heavy (non-hydrogen) atoms. The molecule has 0 radical (unpaired) electrons. The van der Waals surface area contributed by atoms with Gasteiger partial charge in [0.15, 0.2) is 10.4 Å². The number of piperidine rings is 1. The summed E-state index contributed by atoms with van der Waals surface area (Å²) in [5.74, 6) is -0.0699. The maximum absolute atomic E-state index is 12.5. The zero-order chi connectivity index (χ0) is 18.0. The Morgan fingerprint density at radius 2 is 1.84 bits per heavy atom. The van der Waals surface area contributed by atoms with Crippen molar-refractivity contribution in [3.63, 3.8) is 0 Å². The van der Waals surface area contributed by atoms with E-state index >= 15 is 0 Å². The van der Waals surface area contributed by atoms with Crippen LogP contribution < -0.4 is 5.32 Å². The average molecular weight is 446 g/mol. The molecule has 1 N–H and O–H groups in total. The lowest BCUT2D eigenvalue weighted by Crippen LogP contribution is -2.46. The summed E-state index contributed by atoms with van der Waals surface area (Å²) in [6.45, 7) is 1.12. The Hall–Kier alpha value is -1.50. The molecule has 2 aromatic rings. The van der Waals surface area contributed by atoms with E-state index in [1.54, 1.807) is 35.2 Å². The smallest absolute Gasteiger partial charge is 0.287 e. The Balaban J connectivity index is 1.55. The van der Waals surface area contributed by atoms with E-state index in [0.717, 1.165) is 0 Å². The fourth-order valence-electron chi connectivity index (χ4n) is 2.73. The number of nitrogens with one attached hydrogen (secondary N) is 1. The van der Waals surface area contributed by atoms with E-state index < -0.39 is 0 Å². The van der Waals surface area contributed by atoms with Crippen LogP contribution in [0.5, 0.6) is 0 Å². The monoisotopic (exact) mass is 444 g/mol. The van der Waals surface area contributed by atoms with Crippen molar-refractivity contribution in [3.05, 3.63) is 56.4 Å². The summed E-state index contributed by atoms with van der Waals surface area (Å²) in [5, 5.41) is 3.72. The van der Waals surface area contributed by atoms with E-state index in [1.165, 1.54) is 0 Å². The molecule has 1 fully saturated rings. The molecular weight excluding hydrogens is 431 g/mol. The number of rotatable bonds is 3. The number of likely N-dealkylation sites (tertiary alicyclic amines) is 1. The quantitative estimate of drug-likeness (QED) is 0.762. The summed E-state index contributed by atoms with van der Waals surface area (Å²) in [4.78, 5) is 26.4. The lowest BCUT2D eigenvalue weighted by Gasteiger charge is -2.32. The molecule has 1 aliphatic heterocycles. The predicted octanol–water partition coefficient (Wildman–Crippen LogP) is 4.38. The van der Waals surface area contributed by atoms with Crippen LogP contribution in [0.4, 0.5) is 0 Å². The summed E-state index contributed by atoms with van der Waals surface area (Å²) in [5.41, 5.74) is 0.511. The van der Waals surface area contributed by atoms with Gasteiger partial charge < -0.3 is 14.6 Å². The normalized spacial score (nSPS) is 15.2. The van der Waals surface area contributed by atoms with Crippen LogP contribution in [0, 0.1) is 0 Å². The number of benzene rings is 1. The number of carbonyl (C=O) groups excluding carboxylic acids is 2. The van der Waals surface area contributed by atoms with Crippen LogP contribution in [-0.2, 0) is 0 Å². The van der Waals surface area contributed by atoms with Gasteiger partial charge in [-0.1, -0.05) is 23.2 Å². The second kappa shape index (κ2) is 7.81. The van der Waals surface area contributed by atoms with Crippen LogP contribution in [0.3, 0.4) is 0 Å². The van der Waals surface area contributed by atoms with Crippen LogP contribution in [-0.4, -0.2) is 35.8 Å². The Labute approximate surface area is 163 Å². The van der Waals surface area contributed by atoms with Crippen LogP contribution in [0.15, 0.2) is 39.4 Å². The highest BCUT2D eigenvalue weighted by Gasteiger charge is 2.25. The standard InChI is InChI=1S/C17H15BrCl2N2O3/c18-15-4-3-14(25-15)16(23)21-11-5-7-22(8-6-11)17(24)10-1-2-12(19)13(20)9-10/h1-4,9,11H,5-8H2,(H,21,23). The summed E-state index contributed by atoms with van der Waals surface area (Å²) >= 11 is 15.0. The molecule has 2 amide bonds. The minimum atomic E-state index is -0.250. The zero-order valence-electron chi connectivity index (χ0n) is 13.1. The molecule has 2 heterocycles. The third-order valence-corrected chi connectivity index (χ3v) is 5.25. The summed E-state index contributed by atoms with van der Waals surface area (Å²) in [6, 6.07) is 8.16. The molecule has 8 heteroatoms. The second-order valence-electron chi connectivity index (χ2n) is 5.77. The maximum Gasteiger partial charge on any atom is 0.287 e. The summed E-state index contributed by atoms with van der Waals surface area (Å²) in [7, 11) is 0. The molecule has 0 saturated carbocycles.